The quantitative estimate of drug-likeness (QED) is 0.765. The molecule has 0 unspecified atom stereocenters. The van der Waals surface area contributed by atoms with Crippen LogP contribution in [0.2, 0.25) is 0 Å². The lowest BCUT2D eigenvalue weighted by atomic mass is 10.2. The number of carbonyl (C=O) groups excluding carboxylic acids is 1. The van der Waals surface area contributed by atoms with Gasteiger partial charge >= 0.3 is 0 Å². The molecule has 0 bridgehead atoms. The number of para-hydroxylation sites is 1. The van der Waals surface area contributed by atoms with Crippen LogP contribution in [0.1, 0.15) is 21.7 Å². The topological polar surface area (TPSA) is 64.1 Å². The van der Waals surface area contributed by atoms with Crippen molar-refractivity contribution in [3.05, 3.63) is 71.3 Å². The minimum absolute atomic E-state index is 0.148. The summed E-state index contributed by atoms with van der Waals surface area (Å²) in [7, 11) is 0. The van der Waals surface area contributed by atoms with Crippen LogP contribution in [-0.2, 0) is 6.61 Å². The first kappa shape index (κ1) is 16.1. The zero-order valence-electron chi connectivity index (χ0n) is 12.8. The number of benzene rings is 2. The highest BCUT2D eigenvalue weighted by Crippen LogP contribution is 2.17. The maximum absolute atomic E-state index is 13.6. The molecule has 3 aromatic rings. The molecular formula is C17H14FN3O2S. The van der Waals surface area contributed by atoms with E-state index in [0.29, 0.717) is 17.9 Å². The molecule has 0 fully saturated rings. The molecule has 0 aliphatic heterocycles. The second kappa shape index (κ2) is 7.18. The van der Waals surface area contributed by atoms with Crippen LogP contribution in [0.15, 0.2) is 48.5 Å². The van der Waals surface area contributed by atoms with Gasteiger partial charge in [0.05, 0.1) is 23.1 Å². The molecule has 1 heterocycles. The fourth-order valence-electron chi connectivity index (χ4n) is 1.99. The van der Waals surface area contributed by atoms with Crippen molar-refractivity contribution in [1.82, 2.24) is 8.75 Å². The highest BCUT2D eigenvalue weighted by Gasteiger charge is 2.09. The number of nitrogens with one attached hydrogen (secondary N) is 1. The highest BCUT2D eigenvalue weighted by molar-refractivity contribution is 6.99. The number of hydrogen-bond donors (Lipinski definition) is 1. The summed E-state index contributed by atoms with van der Waals surface area (Å²) in [5, 5.41) is 2.54. The van der Waals surface area contributed by atoms with E-state index in [1.807, 2.05) is 6.92 Å². The molecule has 24 heavy (non-hydrogen) atoms. The number of nitrogens with zero attached hydrogens (tertiary/aromatic N) is 2. The van der Waals surface area contributed by atoms with E-state index in [0.717, 1.165) is 23.1 Å². The minimum Gasteiger partial charge on any atom is -0.487 e. The Morgan fingerprint density at radius 3 is 2.58 bits per heavy atom. The fraction of sp³-hybridized carbons (Fsp3) is 0.118. The Labute approximate surface area is 142 Å². The molecule has 0 aliphatic carbocycles. The number of halogens is 1. The Morgan fingerprint density at radius 2 is 1.92 bits per heavy atom. The van der Waals surface area contributed by atoms with Gasteiger partial charge in [-0.2, -0.15) is 8.75 Å². The Morgan fingerprint density at radius 1 is 1.17 bits per heavy atom. The van der Waals surface area contributed by atoms with Gasteiger partial charge in [-0.05, 0) is 43.3 Å². The number of aryl methyl sites for hydroxylation is 1. The molecule has 7 heteroatoms. The minimum atomic E-state index is -0.474. The summed E-state index contributed by atoms with van der Waals surface area (Å²) in [5.74, 6) is -0.242. The maximum Gasteiger partial charge on any atom is 0.255 e. The van der Waals surface area contributed by atoms with Gasteiger partial charge in [-0.25, -0.2) is 4.39 Å². The monoisotopic (exact) mass is 343 g/mol. The third-order valence-corrected chi connectivity index (χ3v) is 4.02. The smallest absolute Gasteiger partial charge is 0.255 e. The molecular weight excluding hydrogens is 329 g/mol. The van der Waals surface area contributed by atoms with E-state index in [-0.39, 0.29) is 11.6 Å². The molecule has 0 saturated carbocycles. The largest absolute Gasteiger partial charge is 0.487 e. The predicted molar refractivity (Wildman–Crippen MR) is 89.8 cm³/mol. The molecule has 0 radical (unpaired) electrons. The summed E-state index contributed by atoms with van der Waals surface area (Å²) in [5.41, 5.74) is 2.20. The Kier molecular flexibility index (Phi) is 4.81. The van der Waals surface area contributed by atoms with E-state index in [2.05, 4.69) is 14.1 Å². The first-order chi connectivity index (χ1) is 11.6. The van der Waals surface area contributed by atoms with Crippen LogP contribution < -0.4 is 10.1 Å². The van der Waals surface area contributed by atoms with E-state index >= 15 is 0 Å². The third kappa shape index (κ3) is 3.75. The van der Waals surface area contributed by atoms with Gasteiger partial charge in [0.15, 0.2) is 0 Å². The Bertz CT molecular complexity index is 849. The first-order valence-electron chi connectivity index (χ1n) is 7.20. The van der Waals surface area contributed by atoms with Gasteiger partial charge in [0, 0.05) is 5.56 Å². The van der Waals surface area contributed by atoms with E-state index in [9.17, 15) is 9.18 Å². The van der Waals surface area contributed by atoms with Gasteiger partial charge < -0.3 is 10.1 Å². The number of anilines is 1. The van der Waals surface area contributed by atoms with Crippen LogP contribution in [0.4, 0.5) is 10.1 Å². The number of aromatic nitrogens is 2. The summed E-state index contributed by atoms with van der Waals surface area (Å²) in [4.78, 5) is 12.1. The van der Waals surface area contributed by atoms with Crippen LogP contribution in [0.3, 0.4) is 0 Å². The average Bonchev–Trinajstić information content (AvgIpc) is 3.00. The third-order valence-electron chi connectivity index (χ3n) is 3.36. The van der Waals surface area contributed by atoms with Gasteiger partial charge in [-0.3, -0.25) is 4.79 Å². The van der Waals surface area contributed by atoms with Gasteiger partial charge in [0.2, 0.25) is 0 Å². The molecule has 122 valence electrons. The standard InChI is InChI=1S/C17H14FN3O2S/c1-11-16(21-24-20-11)10-23-13-8-6-12(7-9-13)17(22)19-15-5-3-2-4-14(15)18/h2-9H,10H2,1H3,(H,19,22). The number of rotatable bonds is 5. The van der Waals surface area contributed by atoms with Crippen LogP contribution in [-0.4, -0.2) is 14.7 Å². The summed E-state index contributed by atoms with van der Waals surface area (Å²) in [6, 6.07) is 12.6. The van der Waals surface area contributed by atoms with Crippen LogP contribution in [0.5, 0.6) is 5.75 Å². The lowest BCUT2D eigenvalue weighted by Crippen LogP contribution is -2.12. The predicted octanol–water partition coefficient (Wildman–Crippen LogP) is 3.82. The summed E-state index contributed by atoms with van der Waals surface area (Å²) in [6.45, 7) is 2.20. The average molecular weight is 343 g/mol. The normalized spacial score (nSPS) is 10.4. The van der Waals surface area contributed by atoms with Crippen LogP contribution >= 0.6 is 11.7 Å². The van der Waals surface area contributed by atoms with E-state index in [4.69, 9.17) is 4.74 Å². The van der Waals surface area contributed by atoms with E-state index in [1.54, 1.807) is 36.4 Å². The molecule has 1 aromatic heterocycles. The number of hydrogen-bond acceptors (Lipinski definition) is 5. The van der Waals surface area contributed by atoms with Crippen molar-refractivity contribution in [2.24, 2.45) is 0 Å². The zero-order chi connectivity index (χ0) is 16.9. The van der Waals surface area contributed by atoms with Crippen molar-refractivity contribution >= 4 is 23.3 Å². The van der Waals surface area contributed by atoms with Crippen LogP contribution in [0, 0.1) is 12.7 Å². The lowest BCUT2D eigenvalue weighted by Gasteiger charge is -2.08. The van der Waals surface area contributed by atoms with Crippen molar-refractivity contribution in [2.45, 2.75) is 13.5 Å². The SMILES string of the molecule is Cc1nsnc1COc1ccc(C(=O)Nc2ccccc2F)cc1. The van der Waals surface area contributed by atoms with E-state index < -0.39 is 5.82 Å². The van der Waals surface area contributed by atoms with Gasteiger partial charge in [0.1, 0.15) is 23.9 Å². The number of amides is 1. The van der Waals surface area contributed by atoms with Crippen molar-refractivity contribution in [1.29, 1.82) is 0 Å². The molecule has 2 aromatic carbocycles. The van der Waals surface area contributed by atoms with Crippen LogP contribution in [0.25, 0.3) is 0 Å². The molecule has 1 amide bonds. The van der Waals surface area contributed by atoms with Gasteiger partial charge in [-0.1, -0.05) is 12.1 Å². The second-order valence-electron chi connectivity index (χ2n) is 5.04. The van der Waals surface area contributed by atoms with Gasteiger partial charge in [0.25, 0.3) is 5.91 Å². The summed E-state index contributed by atoms with van der Waals surface area (Å²) < 4.78 is 27.4. The molecule has 1 N–H and O–H groups in total. The summed E-state index contributed by atoms with van der Waals surface area (Å²) in [6.07, 6.45) is 0. The number of ether oxygens (including phenoxy) is 1. The molecule has 3 rings (SSSR count). The molecule has 0 spiro atoms. The first-order valence-corrected chi connectivity index (χ1v) is 7.93. The molecule has 0 aliphatic rings. The van der Waals surface area contributed by atoms with Crippen molar-refractivity contribution in [3.8, 4) is 5.75 Å². The number of carbonyl (C=O) groups is 1. The fourth-order valence-corrected chi connectivity index (χ4v) is 2.54. The molecule has 5 nitrogen and oxygen atoms in total. The zero-order valence-corrected chi connectivity index (χ0v) is 13.6. The Balaban J connectivity index is 1.62. The second-order valence-corrected chi connectivity index (χ2v) is 5.57. The van der Waals surface area contributed by atoms with Crippen molar-refractivity contribution < 1.29 is 13.9 Å². The molecule has 0 atom stereocenters. The maximum atomic E-state index is 13.6. The van der Waals surface area contributed by atoms with Crippen molar-refractivity contribution in [3.63, 3.8) is 0 Å². The van der Waals surface area contributed by atoms with Gasteiger partial charge in [-0.15, -0.1) is 0 Å². The Hall–Kier alpha value is -2.80. The van der Waals surface area contributed by atoms with E-state index in [1.165, 1.54) is 12.1 Å². The summed E-state index contributed by atoms with van der Waals surface area (Å²) >= 11 is 1.15. The highest BCUT2D eigenvalue weighted by atomic mass is 32.1. The lowest BCUT2D eigenvalue weighted by molar-refractivity contribution is 0.102. The molecule has 0 saturated heterocycles. The van der Waals surface area contributed by atoms with Crippen molar-refractivity contribution in [2.75, 3.05) is 5.32 Å².